The zero-order valence-corrected chi connectivity index (χ0v) is 10.3. The fourth-order valence-corrected chi connectivity index (χ4v) is 2.42. The van der Waals surface area contributed by atoms with Gasteiger partial charge in [-0.25, -0.2) is 0 Å². The molecule has 0 bridgehead atoms. The second kappa shape index (κ2) is 6.52. The lowest BCUT2D eigenvalue weighted by Gasteiger charge is -2.33. The molecule has 2 unspecified atom stereocenters. The van der Waals surface area contributed by atoms with Crippen LogP contribution in [0.5, 0.6) is 0 Å². The highest BCUT2D eigenvalue weighted by Gasteiger charge is 2.21. The Kier molecular flexibility index (Phi) is 5.64. The van der Waals surface area contributed by atoms with Gasteiger partial charge in [0, 0.05) is 18.3 Å². The summed E-state index contributed by atoms with van der Waals surface area (Å²) in [5.74, 6) is 1.78. The van der Waals surface area contributed by atoms with E-state index >= 15 is 0 Å². The number of hydrogen-bond donors (Lipinski definition) is 1. The van der Waals surface area contributed by atoms with Crippen LogP contribution in [0.2, 0.25) is 0 Å². The van der Waals surface area contributed by atoms with Gasteiger partial charge in [0.15, 0.2) is 0 Å². The van der Waals surface area contributed by atoms with Crippen molar-refractivity contribution in [3.63, 3.8) is 0 Å². The maximum atomic E-state index is 4.16. The van der Waals surface area contributed by atoms with Gasteiger partial charge in [-0.1, -0.05) is 31.9 Å². The largest absolute Gasteiger partial charge is 0.300 e. The Morgan fingerprint density at radius 2 is 2.14 bits per heavy atom. The Hall–Kier alpha value is 0.0500. The summed E-state index contributed by atoms with van der Waals surface area (Å²) >= 11 is 4.16. The van der Waals surface area contributed by atoms with E-state index in [1.165, 1.54) is 25.7 Å². The van der Waals surface area contributed by atoms with E-state index in [2.05, 4.69) is 43.7 Å². The molecule has 2 heteroatoms. The summed E-state index contributed by atoms with van der Waals surface area (Å²) in [6.07, 6.45) is 9.96. The minimum Gasteiger partial charge on any atom is -0.300 e. The molecule has 2 atom stereocenters. The van der Waals surface area contributed by atoms with E-state index in [9.17, 15) is 0 Å². The van der Waals surface area contributed by atoms with Crippen LogP contribution in [0, 0.1) is 5.92 Å². The quantitative estimate of drug-likeness (QED) is 0.555. The highest BCUT2D eigenvalue weighted by Crippen LogP contribution is 2.26. The van der Waals surface area contributed by atoms with Gasteiger partial charge in [0.2, 0.25) is 0 Å². The van der Waals surface area contributed by atoms with Crippen LogP contribution in [0.25, 0.3) is 0 Å². The summed E-state index contributed by atoms with van der Waals surface area (Å²) < 4.78 is 0. The standard InChI is InChI=1S/C12H23NS/c1-11-6-5-7-12(10-11)13(2)8-3-4-9-14/h3-4,11-12,14H,5-10H2,1-2H3. The molecule has 1 aliphatic rings. The van der Waals surface area contributed by atoms with Gasteiger partial charge in [0.1, 0.15) is 0 Å². The molecule has 0 saturated heterocycles. The third-order valence-electron chi connectivity index (χ3n) is 3.20. The van der Waals surface area contributed by atoms with Crippen molar-refractivity contribution in [3.05, 3.63) is 12.2 Å². The maximum absolute atomic E-state index is 4.16. The molecule has 1 rings (SSSR count). The van der Waals surface area contributed by atoms with Crippen LogP contribution in [0.4, 0.5) is 0 Å². The van der Waals surface area contributed by atoms with Crippen LogP contribution in [0.1, 0.15) is 32.6 Å². The zero-order valence-electron chi connectivity index (χ0n) is 9.45. The Morgan fingerprint density at radius 1 is 1.36 bits per heavy atom. The average Bonchev–Trinajstić information content (AvgIpc) is 2.18. The first-order chi connectivity index (χ1) is 6.74. The number of likely N-dealkylation sites (N-methyl/N-ethyl adjacent to an activating group) is 1. The molecule has 82 valence electrons. The van der Waals surface area contributed by atoms with Gasteiger partial charge in [-0.2, -0.15) is 12.6 Å². The number of thiol groups is 1. The Morgan fingerprint density at radius 3 is 2.79 bits per heavy atom. The summed E-state index contributed by atoms with van der Waals surface area (Å²) in [5, 5.41) is 0. The Bertz CT molecular complexity index is 179. The maximum Gasteiger partial charge on any atom is 0.0163 e. The summed E-state index contributed by atoms with van der Waals surface area (Å²) in [6, 6.07) is 0.809. The van der Waals surface area contributed by atoms with Gasteiger partial charge < -0.3 is 0 Å². The minimum absolute atomic E-state index is 0.809. The molecule has 1 aliphatic carbocycles. The van der Waals surface area contributed by atoms with Crippen molar-refractivity contribution in [2.45, 2.75) is 38.6 Å². The third kappa shape index (κ3) is 4.05. The van der Waals surface area contributed by atoms with E-state index in [1.807, 2.05) is 0 Å². The fourth-order valence-electron chi connectivity index (χ4n) is 2.27. The average molecular weight is 213 g/mol. The van der Waals surface area contributed by atoms with Crippen molar-refractivity contribution >= 4 is 12.6 Å². The molecule has 0 aromatic heterocycles. The smallest absolute Gasteiger partial charge is 0.0163 e. The van der Waals surface area contributed by atoms with Crippen LogP contribution >= 0.6 is 12.6 Å². The number of hydrogen-bond acceptors (Lipinski definition) is 2. The van der Waals surface area contributed by atoms with Crippen molar-refractivity contribution in [2.75, 3.05) is 19.3 Å². The van der Waals surface area contributed by atoms with Gasteiger partial charge >= 0.3 is 0 Å². The summed E-state index contributed by atoms with van der Waals surface area (Å²) in [5.41, 5.74) is 0. The zero-order chi connectivity index (χ0) is 10.4. The summed E-state index contributed by atoms with van der Waals surface area (Å²) in [6.45, 7) is 3.46. The van der Waals surface area contributed by atoms with Crippen molar-refractivity contribution in [1.29, 1.82) is 0 Å². The molecule has 1 saturated carbocycles. The van der Waals surface area contributed by atoms with Gasteiger partial charge in [0.05, 0.1) is 0 Å². The predicted octanol–water partition coefficient (Wildman–Crippen LogP) is 2.98. The van der Waals surface area contributed by atoms with E-state index in [-0.39, 0.29) is 0 Å². The minimum atomic E-state index is 0.809. The van der Waals surface area contributed by atoms with Crippen molar-refractivity contribution in [3.8, 4) is 0 Å². The monoisotopic (exact) mass is 213 g/mol. The third-order valence-corrected chi connectivity index (χ3v) is 3.41. The molecule has 0 aliphatic heterocycles. The first-order valence-corrected chi connectivity index (χ1v) is 6.33. The molecule has 0 spiro atoms. The molecular formula is C12H23NS. The second-order valence-corrected chi connectivity index (χ2v) is 4.88. The highest BCUT2D eigenvalue weighted by molar-refractivity contribution is 7.80. The fraction of sp³-hybridized carbons (Fsp3) is 0.833. The summed E-state index contributed by atoms with van der Waals surface area (Å²) in [7, 11) is 2.24. The molecule has 0 heterocycles. The van der Waals surface area contributed by atoms with Gasteiger partial charge in [-0.15, -0.1) is 0 Å². The van der Waals surface area contributed by atoms with Gasteiger partial charge in [-0.05, 0) is 25.8 Å². The van der Waals surface area contributed by atoms with Gasteiger partial charge in [0.25, 0.3) is 0 Å². The molecular weight excluding hydrogens is 190 g/mol. The molecule has 1 fully saturated rings. The van der Waals surface area contributed by atoms with E-state index in [0.29, 0.717) is 0 Å². The SMILES string of the molecule is CC1CCCC(N(C)CC=CCS)C1. The lowest BCUT2D eigenvalue weighted by Crippen LogP contribution is -2.35. The lowest BCUT2D eigenvalue weighted by molar-refractivity contribution is 0.178. The molecule has 14 heavy (non-hydrogen) atoms. The van der Waals surface area contributed by atoms with Crippen LogP contribution in [0.15, 0.2) is 12.2 Å². The molecule has 0 radical (unpaired) electrons. The first-order valence-electron chi connectivity index (χ1n) is 5.70. The Balaban J connectivity index is 2.28. The van der Waals surface area contributed by atoms with Crippen LogP contribution < -0.4 is 0 Å². The topological polar surface area (TPSA) is 3.24 Å². The van der Waals surface area contributed by atoms with Crippen molar-refractivity contribution in [2.24, 2.45) is 5.92 Å². The van der Waals surface area contributed by atoms with Crippen molar-refractivity contribution < 1.29 is 0 Å². The number of nitrogens with zero attached hydrogens (tertiary/aromatic N) is 1. The molecule has 0 amide bonds. The Labute approximate surface area is 94.0 Å². The van der Waals surface area contributed by atoms with E-state index in [1.54, 1.807) is 0 Å². The predicted molar refractivity (Wildman–Crippen MR) is 67.0 cm³/mol. The van der Waals surface area contributed by atoms with E-state index in [0.717, 1.165) is 24.3 Å². The number of rotatable bonds is 4. The molecule has 0 N–H and O–H groups in total. The van der Waals surface area contributed by atoms with Gasteiger partial charge in [-0.3, -0.25) is 4.90 Å². The van der Waals surface area contributed by atoms with Crippen LogP contribution in [0.3, 0.4) is 0 Å². The van der Waals surface area contributed by atoms with E-state index < -0.39 is 0 Å². The van der Waals surface area contributed by atoms with Crippen LogP contribution in [-0.4, -0.2) is 30.3 Å². The molecule has 0 aromatic carbocycles. The van der Waals surface area contributed by atoms with Crippen molar-refractivity contribution in [1.82, 2.24) is 4.90 Å². The highest BCUT2D eigenvalue weighted by atomic mass is 32.1. The summed E-state index contributed by atoms with van der Waals surface area (Å²) in [4.78, 5) is 2.48. The molecule has 1 nitrogen and oxygen atoms in total. The second-order valence-electron chi connectivity index (χ2n) is 4.52. The van der Waals surface area contributed by atoms with E-state index in [4.69, 9.17) is 0 Å². The van der Waals surface area contributed by atoms with Crippen LogP contribution in [-0.2, 0) is 0 Å². The first kappa shape index (κ1) is 12.1. The lowest BCUT2D eigenvalue weighted by atomic mass is 9.86. The normalized spacial score (nSPS) is 28.9. The molecule has 0 aromatic rings.